The summed E-state index contributed by atoms with van der Waals surface area (Å²) in [5.41, 5.74) is 0. The highest BCUT2D eigenvalue weighted by Crippen LogP contribution is 2.53. The van der Waals surface area contributed by atoms with Crippen molar-refractivity contribution < 1.29 is 28.4 Å². The number of hydrogen-bond donors (Lipinski definition) is 0. The zero-order chi connectivity index (χ0) is 44.4. The number of benzene rings is 4. The van der Waals surface area contributed by atoms with Crippen LogP contribution in [0.3, 0.4) is 0 Å². The molecule has 0 N–H and O–H groups in total. The molecule has 0 radical (unpaired) electrons. The molecule has 0 aliphatic rings. The molecular weight excluding hydrogens is 815 g/mol. The SMILES string of the molecule is CCCCCCOc1cc2c(cc1OCCCCCC)c1c(Cl)c(OCCCCCC)c(OCCCCCC)cc1c1cc(OCCCCCC)c(OCCCCCC)c(Cl)c21. The first kappa shape index (κ1) is 51.7. The molecule has 0 spiro atoms. The summed E-state index contributed by atoms with van der Waals surface area (Å²) >= 11 is 15.4. The normalized spacial score (nSPS) is 11.5. The van der Waals surface area contributed by atoms with E-state index in [1.54, 1.807) is 0 Å². The van der Waals surface area contributed by atoms with Crippen LogP contribution in [0.4, 0.5) is 0 Å². The Morgan fingerprint density at radius 1 is 0.290 bits per heavy atom. The average Bonchev–Trinajstić information content (AvgIpc) is 3.27. The molecule has 0 aliphatic heterocycles. The lowest BCUT2D eigenvalue weighted by Gasteiger charge is -2.22. The second-order valence-corrected chi connectivity index (χ2v) is 17.9. The van der Waals surface area contributed by atoms with Gasteiger partial charge in [0, 0.05) is 10.8 Å². The first-order valence-corrected chi connectivity index (χ1v) is 25.9. The molecule has 6 nitrogen and oxygen atoms in total. The van der Waals surface area contributed by atoms with Gasteiger partial charge in [0.2, 0.25) is 0 Å². The van der Waals surface area contributed by atoms with Gasteiger partial charge in [-0.15, -0.1) is 0 Å². The molecule has 0 aromatic heterocycles. The Balaban J connectivity index is 2.04. The molecule has 0 bridgehead atoms. The standard InChI is InChI=1S/C54H82Cl2O6/c1-7-13-19-25-31-57-45-37-41-42(38-46(45)58-32-26-20-14-8-2)50-44(40-48(60-34-28-22-16-10-4)54(52(50)56)62-36-30-24-18-12-6)43-39-47(59-33-27-21-15-9-3)53(51(55)49(41)43)61-35-29-23-17-11-5/h37-40H,7-36H2,1-6H3. The van der Waals surface area contributed by atoms with Gasteiger partial charge in [0.15, 0.2) is 34.5 Å². The van der Waals surface area contributed by atoms with Gasteiger partial charge in [0.25, 0.3) is 0 Å². The van der Waals surface area contributed by atoms with E-state index in [1.807, 2.05) is 0 Å². The Bertz CT molecular complexity index is 1700. The van der Waals surface area contributed by atoms with E-state index in [1.165, 1.54) is 51.4 Å². The fourth-order valence-corrected chi connectivity index (χ4v) is 8.80. The Hall–Kier alpha value is -2.96. The Labute approximate surface area is 386 Å². The summed E-state index contributed by atoms with van der Waals surface area (Å²) in [6, 6.07) is 8.50. The molecule has 0 amide bonds. The molecule has 0 saturated heterocycles. The number of rotatable bonds is 36. The van der Waals surface area contributed by atoms with E-state index >= 15 is 0 Å². The Morgan fingerprint density at radius 2 is 0.516 bits per heavy atom. The van der Waals surface area contributed by atoms with Crippen molar-refractivity contribution in [2.24, 2.45) is 0 Å². The molecule has 0 aliphatic carbocycles. The maximum atomic E-state index is 7.70. The Kier molecular flexibility index (Phi) is 25.2. The predicted molar refractivity (Wildman–Crippen MR) is 267 cm³/mol. The maximum absolute atomic E-state index is 7.70. The van der Waals surface area contributed by atoms with Crippen LogP contribution in [0, 0.1) is 0 Å². The first-order chi connectivity index (χ1) is 30.4. The topological polar surface area (TPSA) is 55.4 Å². The van der Waals surface area contributed by atoms with Crippen LogP contribution in [0.15, 0.2) is 24.3 Å². The lowest BCUT2D eigenvalue weighted by atomic mass is 9.92. The summed E-state index contributed by atoms with van der Waals surface area (Å²) in [6.45, 7) is 16.9. The molecule has 348 valence electrons. The third-order valence-corrected chi connectivity index (χ3v) is 12.5. The fraction of sp³-hybridized carbons (Fsp3) is 0.667. The van der Waals surface area contributed by atoms with Crippen molar-refractivity contribution >= 4 is 55.5 Å². The molecule has 0 atom stereocenters. The van der Waals surface area contributed by atoms with Crippen molar-refractivity contribution in [2.45, 2.75) is 196 Å². The quantitative estimate of drug-likeness (QED) is 0.0335. The molecule has 4 aromatic rings. The van der Waals surface area contributed by atoms with Crippen LogP contribution in [0.25, 0.3) is 32.3 Å². The molecule has 8 heteroatoms. The van der Waals surface area contributed by atoms with Crippen molar-refractivity contribution in [1.82, 2.24) is 0 Å². The summed E-state index contributed by atoms with van der Waals surface area (Å²) in [5.74, 6) is 3.93. The van der Waals surface area contributed by atoms with Gasteiger partial charge in [0.05, 0.1) is 49.7 Å². The average molecular weight is 898 g/mol. The third-order valence-electron chi connectivity index (χ3n) is 11.8. The van der Waals surface area contributed by atoms with Crippen LogP contribution in [0.5, 0.6) is 34.5 Å². The summed E-state index contributed by atoms with van der Waals surface area (Å²) < 4.78 is 39.9. The van der Waals surface area contributed by atoms with Crippen molar-refractivity contribution in [1.29, 1.82) is 0 Å². The third kappa shape index (κ3) is 15.6. The van der Waals surface area contributed by atoms with Crippen LogP contribution in [0.2, 0.25) is 10.0 Å². The van der Waals surface area contributed by atoms with E-state index in [-0.39, 0.29) is 0 Å². The molecular formula is C54H82Cl2O6. The lowest BCUT2D eigenvalue weighted by molar-refractivity contribution is 0.259. The highest BCUT2D eigenvalue weighted by atomic mass is 35.5. The molecule has 0 heterocycles. The van der Waals surface area contributed by atoms with Gasteiger partial charge in [-0.05, 0) is 84.3 Å². The lowest BCUT2D eigenvalue weighted by Crippen LogP contribution is -2.06. The van der Waals surface area contributed by atoms with Gasteiger partial charge in [-0.3, -0.25) is 0 Å². The highest BCUT2D eigenvalue weighted by molar-refractivity contribution is 6.46. The van der Waals surface area contributed by atoms with Crippen LogP contribution in [0.1, 0.15) is 196 Å². The van der Waals surface area contributed by atoms with Gasteiger partial charge in [0.1, 0.15) is 0 Å². The van der Waals surface area contributed by atoms with Crippen molar-refractivity contribution in [3.8, 4) is 34.5 Å². The zero-order valence-electron chi connectivity index (χ0n) is 39.7. The van der Waals surface area contributed by atoms with Crippen molar-refractivity contribution in [3.05, 3.63) is 34.3 Å². The molecule has 0 fully saturated rings. The fourth-order valence-electron chi connectivity index (χ4n) is 8.10. The largest absolute Gasteiger partial charge is 0.490 e. The second-order valence-electron chi connectivity index (χ2n) is 17.2. The second kappa shape index (κ2) is 30.2. The van der Waals surface area contributed by atoms with E-state index in [4.69, 9.17) is 51.6 Å². The van der Waals surface area contributed by atoms with Gasteiger partial charge in [-0.2, -0.15) is 0 Å². The number of fused-ring (bicyclic) bond motifs is 6. The summed E-state index contributed by atoms with van der Waals surface area (Å²) in [5, 5.41) is 6.51. The first-order valence-electron chi connectivity index (χ1n) is 25.1. The van der Waals surface area contributed by atoms with Crippen LogP contribution in [-0.4, -0.2) is 39.6 Å². The van der Waals surface area contributed by atoms with E-state index < -0.39 is 0 Å². The highest BCUT2D eigenvalue weighted by Gasteiger charge is 2.26. The zero-order valence-corrected chi connectivity index (χ0v) is 41.2. The monoisotopic (exact) mass is 897 g/mol. The van der Waals surface area contributed by atoms with Crippen molar-refractivity contribution in [2.75, 3.05) is 39.6 Å². The summed E-state index contributed by atoms with van der Waals surface area (Å²) in [4.78, 5) is 0. The number of hydrogen-bond acceptors (Lipinski definition) is 6. The smallest absolute Gasteiger partial charge is 0.180 e. The van der Waals surface area contributed by atoms with Gasteiger partial charge in [-0.25, -0.2) is 0 Å². The van der Waals surface area contributed by atoms with Crippen LogP contribution in [-0.2, 0) is 0 Å². The summed E-state index contributed by atoms with van der Waals surface area (Å²) in [7, 11) is 0. The molecule has 62 heavy (non-hydrogen) atoms. The van der Waals surface area contributed by atoms with E-state index in [2.05, 4.69) is 65.8 Å². The molecule has 4 rings (SSSR count). The summed E-state index contributed by atoms with van der Waals surface area (Å²) in [6.07, 6.45) is 26.5. The van der Waals surface area contributed by atoms with E-state index in [0.29, 0.717) is 72.7 Å². The number of ether oxygens (including phenoxy) is 6. The van der Waals surface area contributed by atoms with Gasteiger partial charge >= 0.3 is 0 Å². The molecule has 0 unspecified atom stereocenters. The van der Waals surface area contributed by atoms with Crippen LogP contribution < -0.4 is 28.4 Å². The number of halogens is 2. The predicted octanol–water partition coefficient (Wildman–Crippen LogP) is 18.2. The van der Waals surface area contributed by atoms with E-state index in [0.717, 1.165) is 147 Å². The molecule has 4 aromatic carbocycles. The van der Waals surface area contributed by atoms with Gasteiger partial charge in [-0.1, -0.05) is 180 Å². The maximum Gasteiger partial charge on any atom is 0.180 e. The Morgan fingerprint density at radius 3 is 0.774 bits per heavy atom. The molecule has 0 saturated carbocycles. The van der Waals surface area contributed by atoms with Gasteiger partial charge < -0.3 is 28.4 Å². The van der Waals surface area contributed by atoms with Crippen LogP contribution >= 0.6 is 23.2 Å². The minimum atomic E-state index is 0.532. The minimum Gasteiger partial charge on any atom is -0.490 e. The minimum absolute atomic E-state index is 0.532. The number of unbranched alkanes of at least 4 members (excludes halogenated alkanes) is 18. The van der Waals surface area contributed by atoms with Crippen molar-refractivity contribution in [3.63, 3.8) is 0 Å². The van der Waals surface area contributed by atoms with E-state index in [9.17, 15) is 0 Å².